The number of hydrogen-bond acceptors (Lipinski definition) is 6. The molecule has 0 bridgehead atoms. The van der Waals surface area contributed by atoms with Crippen LogP contribution >= 0.6 is 7.82 Å². The van der Waals surface area contributed by atoms with Gasteiger partial charge in [0.15, 0.2) is 0 Å². The van der Waals surface area contributed by atoms with E-state index in [0.717, 1.165) is 83.5 Å². The summed E-state index contributed by atoms with van der Waals surface area (Å²) in [4.78, 5) is 37.7. The second-order valence-electron chi connectivity index (χ2n) is 24.0. The number of ether oxygens (including phenoxy) is 1. The third kappa shape index (κ3) is 58.7. The van der Waals surface area contributed by atoms with Crippen LogP contribution in [0.3, 0.4) is 0 Å². The average Bonchev–Trinajstić information content (AvgIpc) is 3.39. The van der Waals surface area contributed by atoms with Gasteiger partial charge in [0.2, 0.25) is 5.91 Å². The standard InChI is InChI=1S/C67H129N2O7P/c1-7-10-13-16-19-22-25-28-30-31-32-33-34-35-36-37-38-39-40-41-44-47-50-53-56-59-66(70)68-64(63-75-77(72,73)74-62-61-69(4,5)6)65(58-55-52-49-46-43-27-24-21-18-15-12-9-3)76-67(71)60-57-54-51-48-45-42-29-26-23-20-17-14-11-8-2/h11,14,20,23,55,58,64-65H,7-10,12-13,15-19,21-22,24-54,56-57,59-63H2,1-6H3,(H-,68,70,72,73)/p+1/b14-11+,23-20+,58-55-. The van der Waals surface area contributed by atoms with Gasteiger partial charge in [0.1, 0.15) is 19.3 Å². The maximum absolute atomic E-state index is 13.6. The summed E-state index contributed by atoms with van der Waals surface area (Å²) in [6, 6.07) is -0.847. The van der Waals surface area contributed by atoms with E-state index in [9.17, 15) is 19.0 Å². The van der Waals surface area contributed by atoms with Crippen LogP contribution in [-0.2, 0) is 27.9 Å². The van der Waals surface area contributed by atoms with E-state index < -0.39 is 20.0 Å². The van der Waals surface area contributed by atoms with Gasteiger partial charge in [-0.2, -0.15) is 0 Å². The molecule has 0 saturated carbocycles. The van der Waals surface area contributed by atoms with Gasteiger partial charge in [0.05, 0.1) is 33.8 Å². The van der Waals surface area contributed by atoms with Crippen molar-refractivity contribution in [3.8, 4) is 0 Å². The van der Waals surface area contributed by atoms with Crippen LogP contribution in [-0.4, -0.2) is 74.3 Å². The maximum Gasteiger partial charge on any atom is 0.472 e. The van der Waals surface area contributed by atoms with E-state index in [2.05, 4.69) is 50.4 Å². The van der Waals surface area contributed by atoms with Crippen LogP contribution in [0.5, 0.6) is 0 Å². The monoisotopic (exact) mass is 1110 g/mol. The number of quaternary nitrogens is 1. The van der Waals surface area contributed by atoms with Crippen LogP contribution < -0.4 is 5.32 Å². The Bertz CT molecular complexity index is 1410. The van der Waals surface area contributed by atoms with Gasteiger partial charge < -0.3 is 19.4 Å². The molecule has 1 amide bonds. The number of likely N-dealkylation sites (N-methyl/N-ethyl adjacent to an activating group) is 1. The summed E-state index contributed by atoms with van der Waals surface area (Å²) in [5, 5.41) is 3.07. The Balaban J connectivity index is 5.03. The quantitative estimate of drug-likeness (QED) is 0.0205. The first kappa shape index (κ1) is 75.2. The van der Waals surface area contributed by atoms with E-state index in [1.807, 2.05) is 33.3 Å². The SMILES string of the molecule is CC/C=C/C/C=C/CCCCCCCCCC(=O)OC(/C=C\CCCCCCCCCCCC)C(COP(=O)(O)OCC[N+](C)(C)C)NC(=O)CCCCCCCCCCCCCCCCCCCCCCCCCCC. The number of allylic oxidation sites excluding steroid dienone is 5. The number of phosphoric ester groups is 1. The molecular formula is C67H130N2O7P+. The molecular weight excluding hydrogens is 976 g/mol. The largest absolute Gasteiger partial charge is 0.472 e. The Morgan fingerprint density at radius 2 is 0.831 bits per heavy atom. The van der Waals surface area contributed by atoms with Crippen molar-refractivity contribution in [3.63, 3.8) is 0 Å². The summed E-state index contributed by atoms with van der Waals surface area (Å²) in [7, 11) is 1.50. The van der Waals surface area contributed by atoms with Crippen molar-refractivity contribution < 1.29 is 37.3 Å². The fraction of sp³-hybridized carbons (Fsp3) is 0.881. The lowest BCUT2D eigenvalue weighted by molar-refractivity contribution is -0.870. The zero-order valence-electron chi connectivity index (χ0n) is 52.0. The van der Waals surface area contributed by atoms with E-state index in [-0.39, 0.29) is 31.5 Å². The van der Waals surface area contributed by atoms with Crippen molar-refractivity contribution in [2.45, 2.75) is 341 Å². The van der Waals surface area contributed by atoms with Crippen LogP contribution in [0.2, 0.25) is 0 Å². The Kier molecular flexibility index (Phi) is 56.1. The fourth-order valence-electron chi connectivity index (χ4n) is 9.98. The molecule has 2 N–H and O–H groups in total. The lowest BCUT2D eigenvalue weighted by Crippen LogP contribution is -2.47. The summed E-state index contributed by atoms with van der Waals surface area (Å²) in [5.74, 6) is -0.499. The summed E-state index contributed by atoms with van der Waals surface area (Å²) >= 11 is 0. The van der Waals surface area contributed by atoms with Crippen molar-refractivity contribution in [1.29, 1.82) is 0 Å². The molecule has 77 heavy (non-hydrogen) atoms. The average molecular weight is 1110 g/mol. The number of esters is 1. The van der Waals surface area contributed by atoms with Crippen molar-refractivity contribution in [2.75, 3.05) is 40.9 Å². The number of hydrogen-bond donors (Lipinski definition) is 2. The molecule has 0 aromatic rings. The summed E-state index contributed by atoms with van der Waals surface area (Å²) in [5.41, 5.74) is 0. The molecule has 10 heteroatoms. The van der Waals surface area contributed by atoms with Gasteiger partial charge in [-0.1, -0.05) is 295 Å². The molecule has 3 atom stereocenters. The van der Waals surface area contributed by atoms with E-state index in [4.69, 9.17) is 13.8 Å². The minimum atomic E-state index is -4.45. The number of phosphoric acid groups is 1. The van der Waals surface area contributed by atoms with Crippen molar-refractivity contribution >= 4 is 19.7 Å². The molecule has 0 aliphatic carbocycles. The highest BCUT2D eigenvalue weighted by molar-refractivity contribution is 7.47. The second-order valence-corrected chi connectivity index (χ2v) is 25.4. The second kappa shape index (κ2) is 57.5. The van der Waals surface area contributed by atoms with E-state index in [0.29, 0.717) is 17.4 Å². The minimum absolute atomic E-state index is 0.0413. The van der Waals surface area contributed by atoms with Crippen LogP contribution in [0, 0.1) is 0 Å². The molecule has 3 unspecified atom stereocenters. The van der Waals surface area contributed by atoms with Gasteiger partial charge in [-0.15, -0.1) is 0 Å². The number of carbonyl (C=O) groups excluding carboxylic acids is 2. The molecule has 0 heterocycles. The number of nitrogens with one attached hydrogen (secondary N) is 1. The van der Waals surface area contributed by atoms with Crippen LogP contribution in [0.15, 0.2) is 36.5 Å². The van der Waals surface area contributed by atoms with E-state index >= 15 is 0 Å². The van der Waals surface area contributed by atoms with Gasteiger partial charge in [-0.05, 0) is 57.4 Å². The Hall–Kier alpha value is -1.77. The molecule has 0 aliphatic heterocycles. The topological polar surface area (TPSA) is 111 Å². The first-order valence-corrected chi connectivity index (χ1v) is 34.8. The molecule has 0 aliphatic rings. The maximum atomic E-state index is 13.6. The Labute approximate surface area is 478 Å². The summed E-state index contributed by atoms with van der Waals surface area (Å²) in [6.07, 6.45) is 70.2. The van der Waals surface area contributed by atoms with Crippen LogP contribution in [0.25, 0.3) is 0 Å². The predicted octanol–water partition coefficient (Wildman–Crippen LogP) is 20.7. The lowest BCUT2D eigenvalue weighted by Gasteiger charge is -2.27. The molecule has 0 radical (unpaired) electrons. The molecule has 454 valence electrons. The van der Waals surface area contributed by atoms with Crippen molar-refractivity contribution in [3.05, 3.63) is 36.5 Å². The highest BCUT2D eigenvalue weighted by Crippen LogP contribution is 2.43. The minimum Gasteiger partial charge on any atom is -0.456 e. The molecule has 0 aromatic heterocycles. The zero-order chi connectivity index (χ0) is 56.4. The number of amides is 1. The highest BCUT2D eigenvalue weighted by atomic mass is 31.2. The molecule has 0 spiro atoms. The Morgan fingerprint density at radius 3 is 1.23 bits per heavy atom. The molecule has 0 rings (SSSR count). The third-order valence-electron chi connectivity index (χ3n) is 15.1. The third-order valence-corrected chi connectivity index (χ3v) is 16.1. The fourth-order valence-corrected chi connectivity index (χ4v) is 10.7. The van der Waals surface area contributed by atoms with Gasteiger partial charge in [0, 0.05) is 12.8 Å². The van der Waals surface area contributed by atoms with Crippen molar-refractivity contribution in [2.24, 2.45) is 0 Å². The lowest BCUT2D eigenvalue weighted by atomic mass is 10.0. The van der Waals surface area contributed by atoms with Gasteiger partial charge in [-0.3, -0.25) is 18.6 Å². The number of unbranched alkanes of at least 4 members (excludes halogenated alkanes) is 41. The number of rotatable bonds is 61. The van der Waals surface area contributed by atoms with Gasteiger partial charge >= 0.3 is 13.8 Å². The first-order chi connectivity index (χ1) is 37.4. The molecule has 9 nitrogen and oxygen atoms in total. The summed E-state index contributed by atoms with van der Waals surface area (Å²) < 4.78 is 30.7. The van der Waals surface area contributed by atoms with Crippen LogP contribution in [0.4, 0.5) is 0 Å². The van der Waals surface area contributed by atoms with Crippen LogP contribution in [0.1, 0.15) is 329 Å². The highest BCUT2D eigenvalue weighted by Gasteiger charge is 2.30. The molecule has 0 saturated heterocycles. The molecule has 0 fully saturated rings. The zero-order valence-corrected chi connectivity index (χ0v) is 52.9. The Morgan fingerprint density at radius 1 is 0.468 bits per heavy atom. The summed E-state index contributed by atoms with van der Waals surface area (Å²) in [6.45, 7) is 6.95. The normalized spacial score (nSPS) is 13.8. The smallest absolute Gasteiger partial charge is 0.456 e. The van der Waals surface area contributed by atoms with Gasteiger partial charge in [-0.25, -0.2) is 4.57 Å². The first-order valence-electron chi connectivity index (χ1n) is 33.3. The van der Waals surface area contributed by atoms with Crippen molar-refractivity contribution in [1.82, 2.24) is 5.32 Å². The number of nitrogens with zero attached hydrogens (tertiary/aromatic N) is 1. The number of carbonyl (C=O) groups is 2. The predicted molar refractivity (Wildman–Crippen MR) is 332 cm³/mol. The van der Waals surface area contributed by atoms with E-state index in [1.54, 1.807) is 0 Å². The molecule has 0 aromatic carbocycles. The van der Waals surface area contributed by atoms with Gasteiger partial charge in [0.25, 0.3) is 0 Å². The van der Waals surface area contributed by atoms with E-state index in [1.165, 1.54) is 212 Å².